The van der Waals surface area contributed by atoms with Gasteiger partial charge in [0.25, 0.3) is 5.91 Å². The fourth-order valence-electron chi connectivity index (χ4n) is 2.08. The number of hydrogen-bond acceptors (Lipinski definition) is 3. The monoisotopic (exact) mass is 284 g/mol. The third kappa shape index (κ3) is 2.76. The highest BCUT2D eigenvalue weighted by molar-refractivity contribution is 5.94. The van der Waals surface area contributed by atoms with Crippen molar-refractivity contribution in [3.05, 3.63) is 65.9 Å². The van der Waals surface area contributed by atoms with Crippen molar-refractivity contribution in [1.29, 1.82) is 0 Å². The predicted octanol–water partition coefficient (Wildman–Crippen LogP) is 3.46. The quantitative estimate of drug-likeness (QED) is 0.749. The maximum absolute atomic E-state index is 12.7. The Labute approximate surface area is 120 Å². The Balaban J connectivity index is 1.77. The van der Waals surface area contributed by atoms with Crippen LogP contribution in [0.1, 0.15) is 29.1 Å². The van der Waals surface area contributed by atoms with Crippen LogP contribution in [0.15, 0.2) is 53.1 Å². The summed E-state index contributed by atoms with van der Waals surface area (Å²) in [5.41, 5.74) is 1.08. The first-order valence-corrected chi connectivity index (χ1v) is 6.54. The number of benzene rings is 1. The smallest absolute Gasteiger partial charge is 0.253 e. The minimum absolute atomic E-state index is 0.296. The molecule has 0 aliphatic rings. The second-order valence-corrected chi connectivity index (χ2v) is 4.75. The molecule has 0 aliphatic heterocycles. The molecule has 1 N–H and O–H groups in total. The molecule has 0 unspecified atom stereocenters. The average molecular weight is 284 g/mol. The van der Waals surface area contributed by atoms with Gasteiger partial charge in [-0.3, -0.25) is 4.79 Å². The molecule has 3 rings (SSSR count). The normalized spacial score (nSPS) is 12.3. The van der Waals surface area contributed by atoms with Crippen molar-refractivity contribution in [3.63, 3.8) is 0 Å². The largest absolute Gasteiger partial charge is 0.459 e. The topological polar surface area (TPSA) is 55.1 Å². The highest BCUT2D eigenvalue weighted by atomic mass is 19.1. The first-order valence-electron chi connectivity index (χ1n) is 6.54. The summed E-state index contributed by atoms with van der Waals surface area (Å²) in [6.45, 7) is 1.83. The van der Waals surface area contributed by atoms with Crippen molar-refractivity contribution in [2.24, 2.45) is 0 Å². The van der Waals surface area contributed by atoms with Crippen molar-refractivity contribution in [2.75, 3.05) is 0 Å². The van der Waals surface area contributed by atoms with Gasteiger partial charge in [-0.2, -0.15) is 4.39 Å². The molecule has 1 aromatic carbocycles. The van der Waals surface area contributed by atoms with Gasteiger partial charge in [-0.25, -0.2) is 4.98 Å². The molecule has 3 aromatic rings. The zero-order valence-electron chi connectivity index (χ0n) is 11.3. The molecular formula is C16H13FN2O2. The fraction of sp³-hybridized carbons (Fsp3) is 0.125. The van der Waals surface area contributed by atoms with E-state index in [1.165, 1.54) is 12.3 Å². The second kappa shape index (κ2) is 5.36. The molecule has 0 spiro atoms. The zero-order chi connectivity index (χ0) is 14.8. The maximum Gasteiger partial charge on any atom is 0.253 e. The summed E-state index contributed by atoms with van der Waals surface area (Å²) in [5.74, 6) is -0.271. The Kier molecular flexibility index (Phi) is 3.39. The third-order valence-electron chi connectivity index (χ3n) is 3.21. The number of furan rings is 1. The Morgan fingerprint density at radius 1 is 1.29 bits per heavy atom. The number of carbonyl (C=O) groups is 1. The van der Waals surface area contributed by atoms with E-state index in [0.29, 0.717) is 11.3 Å². The molecule has 2 heterocycles. The van der Waals surface area contributed by atoms with Gasteiger partial charge in [0.15, 0.2) is 0 Å². The number of halogens is 1. The minimum Gasteiger partial charge on any atom is -0.459 e. The summed E-state index contributed by atoms with van der Waals surface area (Å²) in [6.07, 6.45) is 1.20. The highest BCUT2D eigenvalue weighted by Gasteiger charge is 2.15. The average Bonchev–Trinajstić information content (AvgIpc) is 2.92. The van der Waals surface area contributed by atoms with Crippen molar-refractivity contribution in [1.82, 2.24) is 10.3 Å². The number of fused-ring (bicyclic) bond motifs is 1. The van der Waals surface area contributed by atoms with Gasteiger partial charge in [0, 0.05) is 11.6 Å². The number of carbonyl (C=O) groups excluding carboxylic acids is 1. The van der Waals surface area contributed by atoms with E-state index in [0.717, 1.165) is 17.0 Å². The van der Waals surface area contributed by atoms with E-state index in [1.54, 1.807) is 0 Å². The summed E-state index contributed by atoms with van der Waals surface area (Å²) in [7, 11) is 0. The van der Waals surface area contributed by atoms with Gasteiger partial charge in [-0.05, 0) is 31.2 Å². The number of aromatic nitrogens is 1. The van der Waals surface area contributed by atoms with Crippen LogP contribution >= 0.6 is 0 Å². The SMILES string of the molecule is C[C@@H](NC(=O)c1ccc(F)nc1)c1cc2ccccc2o1. The molecular weight excluding hydrogens is 271 g/mol. The van der Waals surface area contributed by atoms with Crippen LogP contribution in [0.2, 0.25) is 0 Å². The number of para-hydroxylation sites is 1. The highest BCUT2D eigenvalue weighted by Crippen LogP contribution is 2.23. The van der Waals surface area contributed by atoms with Crippen LogP contribution in [-0.2, 0) is 0 Å². The second-order valence-electron chi connectivity index (χ2n) is 4.75. The molecule has 21 heavy (non-hydrogen) atoms. The van der Waals surface area contributed by atoms with Crippen LogP contribution in [0.25, 0.3) is 11.0 Å². The molecule has 0 bridgehead atoms. The molecule has 1 atom stereocenters. The van der Waals surface area contributed by atoms with Gasteiger partial charge in [0.2, 0.25) is 5.95 Å². The Morgan fingerprint density at radius 2 is 2.10 bits per heavy atom. The van der Waals surface area contributed by atoms with Crippen LogP contribution in [-0.4, -0.2) is 10.9 Å². The number of nitrogens with one attached hydrogen (secondary N) is 1. The van der Waals surface area contributed by atoms with Crippen LogP contribution in [0.3, 0.4) is 0 Å². The number of pyridine rings is 1. The van der Waals surface area contributed by atoms with Gasteiger partial charge in [-0.1, -0.05) is 18.2 Å². The van der Waals surface area contributed by atoms with Gasteiger partial charge in [-0.15, -0.1) is 0 Å². The predicted molar refractivity (Wildman–Crippen MR) is 76.3 cm³/mol. The first kappa shape index (κ1) is 13.3. The van der Waals surface area contributed by atoms with Gasteiger partial charge in [0.05, 0.1) is 11.6 Å². The molecule has 106 valence electrons. The lowest BCUT2D eigenvalue weighted by atomic mass is 10.2. The maximum atomic E-state index is 12.7. The molecule has 4 nitrogen and oxygen atoms in total. The molecule has 0 aliphatic carbocycles. The lowest BCUT2D eigenvalue weighted by Gasteiger charge is -2.11. The summed E-state index contributed by atoms with van der Waals surface area (Å²) < 4.78 is 18.4. The molecule has 0 fully saturated rings. The zero-order valence-corrected chi connectivity index (χ0v) is 11.3. The molecule has 0 saturated carbocycles. The molecule has 0 radical (unpaired) electrons. The summed E-state index contributed by atoms with van der Waals surface area (Å²) in [6, 6.07) is 11.8. The fourth-order valence-corrected chi connectivity index (χ4v) is 2.08. The van der Waals surface area contributed by atoms with E-state index >= 15 is 0 Å². The number of amides is 1. The van der Waals surface area contributed by atoms with E-state index in [-0.39, 0.29) is 11.9 Å². The van der Waals surface area contributed by atoms with Gasteiger partial charge < -0.3 is 9.73 Å². The van der Waals surface area contributed by atoms with E-state index in [1.807, 2.05) is 37.3 Å². The standard InChI is InChI=1S/C16H13FN2O2/c1-10(14-8-11-4-2-3-5-13(11)21-14)19-16(20)12-6-7-15(17)18-9-12/h2-10H,1H3,(H,19,20)/t10-/m1/s1. The number of hydrogen-bond donors (Lipinski definition) is 1. The molecule has 1 amide bonds. The minimum atomic E-state index is -0.614. The van der Waals surface area contributed by atoms with Crippen molar-refractivity contribution in [3.8, 4) is 0 Å². The molecule has 5 heteroatoms. The van der Waals surface area contributed by atoms with E-state index in [2.05, 4.69) is 10.3 Å². The Bertz CT molecular complexity index is 747. The van der Waals surface area contributed by atoms with Gasteiger partial charge >= 0.3 is 0 Å². The lowest BCUT2D eigenvalue weighted by molar-refractivity contribution is 0.0935. The number of nitrogens with zero attached hydrogens (tertiary/aromatic N) is 1. The van der Waals surface area contributed by atoms with E-state index in [9.17, 15) is 9.18 Å². The van der Waals surface area contributed by atoms with Crippen LogP contribution in [0.5, 0.6) is 0 Å². The Morgan fingerprint density at radius 3 is 2.81 bits per heavy atom. The first-order chi connectivity index (χ1) is 10.1. The van der Waals surface area contributed by atoms with Gasteiger partial charge in [0.1, 0.15) is 11.3 Å². The third-order valence-corrected chi connectivity index (χ3v) is 3.21. The lowest BCUT2D eigenvalue weighted by Crippen LogP contribution is -2.26. The van der Waals surface area contributed by atoms with Crippen molar-refractivity contribution in [2.45, 2.75) is 13.0 Å². The van der Waals surface area contributed by atoms with E-state index < -0.39 is 5.95 Å². The summed E-state index contributed by atoms with van der Waals surface area (Å²) in [4.78, 5) is 15.5. The van der Waals surface area contributed by atoms with Crippen LogP contribution in [0.4, 0.5) is 4.39 Å². The molecule has 2 aromatic heterocycles. The van der Waals surface area contributed by atoms with E-state index in [4.69, 9.17) is 4.42 Å². The van der Waals surface area contributed by atoms with Crippen molar-refractivity contribution < 1.29 is 13.6 Å². The molecule has 0 saturated heterocycles. The Hall–Kier alpha value is -2.69. The van der Waals surface area contributed by atoms with Crippen LogP contribution in [0, 0.1) is 5.95 Å². The van der Waals surface area contributed by atoms with Crippen LogP contribution < -0.4 is 5.32 Å². The summed E-state index contributed by atoms with van der Waals surface area (Å²) >= 11 is 0. The summed E-state index contributed by atoms with van der Waals surface area (Å²) in [5, 5.41) is 3.78. The van der Waals surface area contributed by atoms with Crippen molar-refractivity contribution >= 4 is 16.9 Å². The number of rotatable bonds is 3.